The van der Waals surface area contributed by atoms with Crippen molar-refractivity contribution >= 4 is 28.2 Å². The van der Waals surface area contributed by atoms with Crippen LogP contribution in [0, 0.1) is 6.92 Å². The summed E-state index contributed by atoms with van der Waals surface area (Å²) < 4.78 is 10.3. The molecular weight excluding hydrogens is 364 g/mol. The van der Waals surface area contributed by atoms with E-state index in [0.29, 0.717) is 23.0 Å². The number of aryl methyl sites for hydroxylation is 1. The number of carbonyl (C=O) groups is 2. The van der Waals surface area contributed by atoms with Crippen LogP contribution in [0.5, 0.6) is 0 Å². The third-order valence-corrected chi connectivity index (χ3v) is 5.11. The minimum Gasteiger partial charge on any atom is -0.459 e. The Hall–Kier alpha value is -2.90. The molecule has 140 valence electrons. The number of benzene rings is 1. The van der Waals surface area contributed by atoms with Crippen molar-refractivity contribution in [1.29, 1.82) is 0 Å². The van der Waals surface area contributed by atoms with Gasteiger partial charge in [-0.25, -0.2) is 0 Å². The smallest absolute Gasteiger partial charge is 0.291 e. The molecular formula is C20H20N2O4S. The van der Waals surface area contributed by atoms with Crippen molar-refractivity contribution in [2.45, 2.75) is 20.1 Å². The Morgan fingerprint density at radius 1 is 1.11 bits per heavy atom. The molecule has 1 aromatic carbocycles. The van der Waals surface area contributed by atoms with Gasteiger partial charge >= 0.3 is 0 Å². The standard InChI is InChI=1S/C20H20N2O4S/c1-13-10-17(22-19(23)16-8-5-9-26-16)27-18(13)20(24)21-11-14-6-3-4-7-15(14)12-25-2/h3-10H,11-12H2,1-2H3,(H,21,24)(H,22,23). The molecule has 0 fully saturated rings. The van der Waals surface area contributed by atoms with Gasteiger partial charge in [0.15, 0.2) is 5.76 Å². The molecule has 0 radical (unpaired) electrons. The maximum Gasteiger partial charge on any atom is 0.291 e. The zero-order valence-electron chi connectivity index (χ0n) is 15.1. The molecule has 2 amide bonds. The van der Waals surface area contributed by atoms with Gasteiger partial charge in [-0.2, -0.15) is 0 Å². The van der Waals surface area contributed by atoms with Gasteiger partial charge in [-0.15, -0.1) is 11.3 Å². The highest BCUT2D eigenvalue weighted by Crippen LogP contribution is 2.27. The van der Waals surface area contributed by atoms with Crippen LogP contribution >= 0.6 is 11.3 Å². The monoisotopic (exact) mass is 384 g/mol. The van der Waals surface area contributed by atoms with E-state index in [1.807, 2.05) is 31.2 Å². The average molecular weight is 384 g/mol. The number of ether oxygens (including phenoxy) is 1. The van der Waals surface area contributed by atoms with E-state index in [4.69, 9.17) is 9.15 Å². The van der Waals surface area contributed by atoms with Crippen LogP contribution in [0.4, 0.5) is 5.00 Å². The summed E-state index contributed by atoms with van der Waals surface area (Å²) in [5.41, 5.74) is 2.85. The van der Waals surface area contributed by atoms with Gasteiger partial charge in [0.05, 0.1) is 22.7 Å². The number of thiophene rings is 1. The molecule has 0 unspecified atom stereocenters. The quantitative estimate of drug-likeness (QED) is 0.646. The van der Waals surface area contributed by atoms with Gasteiger partial charge < -0.3 is 19.8 Å². The topological polar surface area (TPSA) is 80.6 Å². The molecule has 0 aliphatic rings. The number of carbonyl (C=O) groups excluding carboxylic acids is 2. The molecule has 3 rings (SSSR count). The second kappa shape index (κ2) is 8.66. The van der Waals surface area contributed by atoms with E-state index in [2.05, 4.69) is 10.6 Å². The van der Waals surface area contributed by atoms with Gasteiger partial charge in [0.2, 0.25) is 0 Å². The molecule has 0 saturated heterocycles. The Balaban J connectivity index is 1.65. The normalized spacial score (nSPS) is 10.6. The number of rotatable bonds is 7. The zero-order chi connectivity index (χ0) is 19.2. The Bertz CT molecular complexity index is 931. The van der Waals surface area contributed by atoms with E-state index in [1.165, 1.54) is 17.6 Å². The van der Waals surface area contributed by atoms with Gasteiger partial charge in [0, 0.05) is 13.7 Å². The molecule has 6 nitrogen and oxygen atoms in total. The van der Waals surface area contributed by atoms with E-state index < -0.39 is 0 Å². The van der Waals surface area contributed by atoms with Gasteiger partial charge in [0.25, 0.3) is 11.8 Å². The van der Waals surface area contributed by atoms with Gasteiger partial charge in [0.1, 0.15) is 0 Å². The lowest BCUT2D eigenvalue weighted by atomic mass is 10.1. The fourth-order valence-corrected chi connectivity index (χ4v) is 3.62. The summed E-state index contributed by atoms with van der Waals surface area (Å²) in [6.45, 7) is 2.74. The van der Waals surface area contributed by atoms with Crippen molar-refractivity contribution in [3.05, 3.63) is 76.1 Å². The summed E-state index contributed by atoms with van der Waals surface area (Å²) in [6, 6.07) is 12.8. The van der Waals surface area contributed by atoms with Crippen molar-refractivity contribution in [2.75, 3.05) is 12.4 Å². The van der Waals surface area contributed by atoms with Crippen molar-refractivity contribution < 1.29 is 18.7 Å². The molecule has 7 heteroatoms. The summed E-state index contributed by atoms with van der Waals surface area (Å²) in [5, 5.41) is 6.28. The third-order valence-electron chi connectivity index (χ3n) is 3.96. The fourth-order valence-electron chi connectivity index (χ4n) is 2.63. The minimum atomic E-state index is -0.346. The molecule has 27 heavy (non-hydrogen) atoms. The number of nitrogens with one attached hydrogen (secondary N) is 2. The molecule has 0 atom stereocenters. The van der Waals surface area contributed by atoms with Crippen molar-refractivity contribution in [2.24, 2.45) is 0 Å². The summed E-state index contributed by atoms with van der Waals surface area (Å²) in [7, 11) is 1.64. The molecule has 0 bridgehead atoms. The second-order valence-corrected chi connectivity index (χ2v) is 6.99. The van der Waals surface area contributed by atoms with Crippen LogP contribution < -0.4 is 10.6 Å². The van der Waals surface area contributed by atoms with Crippen LogP contribution in [0.1, 0.15) is 36.9 Å². The lowest BCUT2D eigenvalue weighted by molar-refractivity contribution is 0.0952. The van der Waals surface area contributed by atoms with Crippen LogP contribution in [0.2, 0.25) is 0 Å². The number of hydrogen-bond donors (Lipinski definition) is 2. The number of anilines is 1. The van der Waals surface area contributed by atoms with E-state index in [0.717, 1.165) is 16.7 Å². The summed E-state index contributed by atoms with van der Waals surface area (Å²) in [6.07, 6.45) is 1.44. The van der Waals surface area contributed by atoms with Gasteiger partial charge in [-0.1, -0.05) is 24.3 Å². The molecule has 0 spiro atoms. The maximum absolute atomic E-state index is 12.6. The lowest BCUT2D eigenvalue weighted by Gasteiger charge is -2.10. The predicted molar refractivity (Wildman–Crippen MR) is 104 cm³/mol. The molecule has 0 saturated carbocycles. The largest absolute Gasteiger partial charge is 0.459 e. The first-order valence-corrected chi connectivity index (χ1v) is 9.19. The Morgan fingerprint density at radius 3 is 2.59 bits per heavy atom. The van der Waals surface area contributed by atoms with Crippen LogP contribution in [-0.4, -0.2) is 18.9 Å². The Labute approximate surface area is 161 Å². The van der Waals surface area contributed by atoms with E-state index in [9.17, 15) is 9.59 Å². The van der Waals surface area contributed by atoms with Crippen LogP contribution in [0.25, 0.3) is 0 Å². The third kappa shape index (κ3) is 4.64. The first-order chi connectivity index (χ1) is 13.1. The van der Waals surface area contributed by atoms with E-state index in [1.54, 1.807) is 25.3 Å². The number of hydrogen-bond acceptors (Lipinski definition) is 5. The molecule has 2 aromatic heterocycles. The molecule has 2 heterocycles. The first kappa shape index (κ1) is 18.9. The predicted octanol–water partition coefficient (Wildman–Crippen LogP) is 3.98. The fraction of sp³-hybridized carbons (Fsp3) is 0.200. The first-order valence-electron chi connectivity index (χ1n) is 8.37. The van der Waals surface area contributed by atoms with Crippen molar-refractivity contribution in [3.8, 4) is 0 Å². The molecule has 2 N–H and O–H groups in total. The lowest BCUT2D eigenvalue weighted by Crippen LogP contribution is -2.23. The summed E-state index contributed by atoms with van der Waals surface area (Å²) in [5.74, 6) is -0.299. The molecule has 0 aliphatic heterocycles. The highest BCUT2D eigenvalue weighted by Gasteiger charge is 2.16. The summed E-state index contributed by atoms with van der Waals surface area (Å²) in [4.78, 5) is 25.2. The van der Waals surface area contributed by atoms with Crippen LogP contribution in [0.15, 0.2) is 53.1 Å². The van der Waals surface area contributed by atoms with E-state index in [-0.39, 0.29) is 17.6 Å². The molecule has 3 aromatic rings. The Morgan fingerprint density at radius 2 is 1.89 bits per heavy atom. The molecule has 0 aliphatic carbocycles. The Kier molecular flexibility index (Phi) is 6.05. The average Bonchev–Trinajstić information content (AvgIpc) is 3.31. The maximum atomic E-state index is 12.6. The van der Waals surface area contributed by atoms with Gasteiger partial charge in [-0.3, -0.25) is 9.59 Å². The van der Waals surface area contributed by atoms with Crippen molar-refractivity contribution in [1.82, 2.24) is 5.32 Å². The highest BCUT2D eigenvalue weighted by molar-refractivity contribution is 7.18. The SMILES string of the molecule is COCc1ccccc1CNC(=O)c1sc(NC(=O)c2ccco2)cc1C. The second-order valence-electron chi connectivity index (χ2n) is 5.94. The highest BCUT2D eigenvalue weighted by atomic mass is 32.1. The number of furan rings is 1. The zero-order valence-corrected chi connectivity index (χ0v) is 15.9. The van der Waals surface area contributed by atoms with Crippen LogP contribution in [0.3, 0.4) is 0 Å². The van der Waals surface area contributed by atoms with Crippen LogP contribution in [-0.2, 0) is 17.9 Å². The number of methoxy groups -OCH3 is 1. The minimum absolute atomic E-state index is 0.178. The summed E-state index contributed by atoms with van der Waals surface area (Å²) >= 11 is 1.23. The van der Waals surface area contributed by atoms with E-state index >= 15 is 0 Å². The van der Waals surface area contributed by atoms with Gasteiger partial charge in [-0.05, 0) is 41.8 Å². The van der Waals surface area contributed by atoms with Crippen molar-refractivity contribution in [3.63, 3.8) is 0 Å². The number of amides is 2.